The summed E-state index contributed by atoms with van der Waals surface area (Å²) in [6.07, 6.45) is 2.52. The highest BCUT2D eigenvalue weighted by Crippen LogP contribution is 2.16. The number of nitrogens with zero attached hydrogens (tertiary/aromatic N) is 1. The standard InChI is InChI=1S/C19H18N2O6/c1-11-8-15(23)17(19(27)21(11)2)14(22)7-6-12-4-3-5-13(9-12)18(26)20-10-16(24)25/h3-9,23H,10H2,1-2H3,(H,20,26)(H,24,25)/b7-6+. The molecule has 1 aromatic carbocycles. The molecular formula is C19H18N2O6. The van der Waals surface area contributed by atoms with Gasteiger partial charge in [0, 0.05) is 24.4 Å². The number of ketones is 1. The van der Waals surface area contributed by atoms with Crippen LogP contribution in [-0.4, -0.2) is 39.0 Å². The van der Waals surface area contributed by atoms with E-state index in [1.165, 1.54) is 35.9 Å². The third-order valence-corrected chi connectivity index (χ3v) is 3.87. The number of hydrogen-bond acceptors (Lipinski definition) is 5. The highest BCUT2D eigenvalue weighted by molar-refractivity contribution is 6.08. The lowest BCUT2D eigenvalue weighted by molar-refractivity contribution is -0.135. The average Bonchev–Trinajstić information content (AvgIpc) is 2.62. The van der Waals surface area contributed by atoms with E-state index in [1.807, 2.05) is 0 Å². The highest BCUT2D eigenvalue weighted by atomic mass is 16.4. The van der Waals surface area contributed by atoms with Gasteiger partial charge in [0.15, 0.2) is 5.78 Å². The van der Waals surface area contributed by atoms with Crippen molar-refractivity contribution in [2.75, 3.05) is 6.54 Å². The molecule has 0 saturated heterocycles. The van der Waals surface area contributed by atoms with Gasteiger partial charge in [0.2, 0.25) is 0 Å². The van der Waals surface area contributed by atoms with Crippen molar-refractivity contribution in [3.8, 4) is 5.75 Å². The summed E-state index contributed by atoms with van der Waals surface area (Å²) < 4.78 is 1.26. The molecule has 0 saturated carbocycles. The fourth-order valence-electron chi connectivity index (χ4n) is 2.33. The number of carboxylic acid groups (broad SMARTS) is 1. The second-order valence-electron chi connectivity index (χ2n) is 5.81. The van der Waals surface area contributed by atoms with Gasteiger partial charge in [0.1, 0.15) is 17.9 Å². The van der Waals surface area contributed by atoms with E-state index in [1.54, 1.807) is 19.1 Å². The Balaban J connectivity index is 2.24. The minimum Gasteiger partial charge on any atom is -0.507 e. The lowest BCUT2D eigenvalue weighted by Crippen LogP contribution is -2.29. The maximum Gasteiger partial charge on any atom is 0.322 e. The number of pyridine rings is 1. The molecule has 0 atom stereocenters. The molecule has 2 rings (SSSR count). The van der Waals surface area contributed by atoms with Crippen molar-refractivity contribution in [2.45, 2.75) is 6.92 Å². The van der Waals surface area contributed by atoms with E-state index < -0.39 is 35.5 Å². The lowest BCUT2D eigenvalue weighted by atomic mass is 10.1. The first kappa shape index (κ1) is 19.6. The Hall–Kier alpha value is -3.68. The first-order chi connectivity index (χ1) is 12.7. The van der Waals surface area contributed by atoms with Gasteiger partial charge in [-0.25, -0.2) is 0 Å². The van der Waals surface area contributed by atoms with Crippen molar-refractivity contribution in [1.29, 1.82) is 0 Å². The number of carbonyl (C=O) groups is 3. The van der Waals surface area contributed by atoms with Gasteiger partial charge < -0.3 is 20.1 Å². The minimum absolute atomic E-state index is 0.222. The van der Waals surface area contributed by atoms with Crippen molar-refractivity contribution in [1.82, 2.24) is 9.88 Å². The van der Waals surface area contributed by atoms with Crippen LogP contribution in [0.5, 0.6) is 5.75 Å². The molecule has 8 heteroatoms. The second-order valence-corrected chi connectivity index (χ2v) is 5.81. The predicted octanol–water partition coefficient (Wildman–Crippen LogP) is 1.11. The van der Waals surface area contributed by atoms with Gasteiger partial charge in [0.05, 0.1) is 0 Å². The first-order valence-corrected chi connectivity index (χ1v) is 7.92. The Morgan fingerprint density at radius 2 is 1.93 bits per heavy atom. The summed E-state index contributed by atoms with van der Waals surface area (Å²) in [6.45, 7) is 1.12. The number of nitrogens with one attached hydrogen (secondary N) is 1. The number of aryl methyl sites for hydroxylation is 1. The van der Waals surface area contributed by atoms with Gasteiger partial charge in [-0.15, -0.1) is 0 Å². The normalized spacial score (nSPS) is 10.7. The summed E-state index contributed by atoms with van der Waals surface area (Å²) >= 11 is 0. The monoisotopic (exact) mass is 370 g/mol. The number of amides is 1. The van der Waals surface area contributed by atoms with Gasteiger partial charge in [-0.2, -0.15) is 0 Å². The highest BCUT2D eigenvalue weighted by Gasteiger charge is 2.16. The summed E-state index contributed by atoms with van der Waals surface area (Å²) in [4.78, 5) is 46.9. The predicted molar refractivity (Wildman–Crippen MR) is 97.9 cm³/mol. The van der Waals surface area contributed by atoms with E-state index in [4.69, 9.17) is 5.11 Å². The van der Waals surface area contributed by atoms with Crippen LogP contribution in [0.1, 0.15) is 32.0 Å². The van der Waals surface area contributed by atoms with Crippen LogP contribution in [0, 0.1) is 6.92 Å². The van der Waals surface area contributed by atoms with Crippen molar-refractivity contribution in [3.63, 3.8) is 0 Å². The zero-order valence-electron chi connectivity index (χ0n) is 14.7. The molecular weight excluding hydrogens is 352 g/mol. The molecule has 1 aromatic heterocycles. The molecule has 0 spiro atoms. The van der Waals surface area contributed by atoms with Gasteiger partial charge in [-0.05, 0) is 30.7 Å². The largest absolute Gasteiger partial charge is 0.507 e. The topological polar surface area (TPSA) is 126 Å². The van der Waals surface area contributed by atoms with Gasteiger partial charge in [-0.1, -0.05) is 18.2 Å². The lowest BCUT2D eigenvalue weighted by Gasteiger charge is -2.07. The maximum absolute atomic E-state index is 12.3. The van der Waals surface area contributed by atoms with Crippen LogP contribution in [-0.2, 0) is 11.8 Å². The number of hydrogen-bond donors (Lipinski definition) is 3. The van der Waals surface area contributed by atoms with Crippen LogP contribution in [0.15, 0.2) is 41.2 Å². The van der Waals surface area contributed by atoms with Crippen molar-refractivity contribution < 1.29 is 24.6 Å². The number of rotatable bonds is 6. The quantitative estimate of drug-likeness (QED) is 0.517. The molecule has 0 aliphatic heterocycles. The van der Waals surface area contributed by atoms with E-state index in [2.05, 4.69) is 5.32 Å². The molecule has 3 N–H and O–H groups in total. The number of aliphatic carboxylic acids is 1. The van der Waals surface area contributed by atoms with Crippen molar-refractivity contribution in [2.24, 2.45) is 7.05 Å². The smallest absolute Gasteiger partial charge is 0.322 e. The molecule has 0 radical (unpaired) electrons. The zero-order valence-corrected chi connectivity index (χ0v) is 14.7. The van der Waals surface area contributed by atoms with E-state index in [-0.39, 0.29) is 11.1 Å². The summed E-state index contributed by atoms with van der Waals surface area (Å²) in [5.41, 5.74) is 0.284. The van der Waals surface area contributed by atoms with Crippen molar-refractivity contribution >= 4 is 23.7 Å². The molecule has 27 heavy (non-hydrogen) atoms. The van der Waals surface area contributed by atoms with E-state index >= 15 is 0 Å². The number of aromatic nitrogens is 1. The molecule has 140 valence electrons. The minimum atomic E-state index is -1.16. The summed E-state index contributed by atoms with van der Waals surface area (Å²) in [5.74, 6) is -2.80. The number of aromatic hydroxyl groups is 1. The fourth-order valence-corrected chi connectivity index (χ4v) is 2.33. The Kier molecular flexibility index (Phi) is 5.92. The van der Waals surface area contributed by atoms with Crippen LogP contribution in [0.2, 0.25) is 0 Å². The van der Waals surface area contributed by atoms with Crippen LogP contribution in [0.25, 0.3) is 6.08 Å². The second kappa shape index (κ2) is 8.13. The summed E-state index contributed by atoms with van der Waals surface area (Å²) in [7, 11) is 1.50. The number of benzene rings is 1. The Labute approximate surface area is 154 Å². The van der Waals surface area contributed by atoms with Gasteiger partial charge in [-0.3, -0.25) is 19.2 Å². The third kappa shape index (κ3) is 4.69. The number of carbonyl (C=O) groups excluding carboxylic acids is 2. The molecule has 0 fully saturated rings. The Bertz CT molecular complexity index is 1000. The van der Waals surface area contributed by atoms with Crippen LogP contribution in [0.3, 0.4) is 0 Å². The fraction of sp³-hybridized carbons (Fsp3) is 0.158. The average molecular weight is 370 g/mol. The summed E-state index contributed by atoms with van der Waals surface area (Å²) in [6, 6.07) is 7.49. The zero-order chi connectivity index (χ0) is 20.1. The van der Waals surface area contributed by atoms with E-state index in [9.17, 15) is 24.3 Å². The van der Waals surface area contributed by atoms with Crippen LogP contribution >= 0.6 is 0 Å². The Morgan fingerprint density at radius 1 is 1.22 bits per heavy atom. The first-order valence-electron chi connectivity index (χ1n) is 7.92. The third-order valence-electron chi connectivity index (χ3n) is 3.87. The molecule has 2 aromatic rings. The van der Waals surface area contributed by atoms with Crippen molar-refractivity contribution in [3.05, 3.63) is 69.1 Å². The Morgan fingerprint density at radius 3 is 2.59 bits per heavy atom. The van der Waals surface area contributed by atoms with Gasteiger partial charge in [0.25, 0.3) is 11.5 Å². The van der Waals surface area contributed by atoms with E-state index in [0.717, 1.165) is 6.08 Å². The maximum atomic E-state index is 12.3. The van der Waals surface area contributed by atoms with Crippen LogP contribution in [0.4, 0.5) is 0 Å². The summed E-state index contributed by atoms with van der Waals surface area (Å²) in [5, 5.41) is 20.7. The molecule has 0 aliphatic rings. The molecule has 1 amide bonds. The van der Waals surface area contributed by atoms with E-state index in [0.29, 0.717) is 11.3 Å². The molecule has 0 unspecified atom stereocenters. The molecule has 8 nitrogen and oxygen atoms in total. The number of carboxylic acids is 1. The molecule has 1 heterocycles. The SMILES string of the molecule is Cc1cc(O)c(C(=O)/C=C/c2cccc(C(=O)NCC(=O)O)c2)c(=O)n1C. The molecule has 0 bridgehead atoms. The number of allylic oxidation sites excluding steroid dienone is 1. The van der Waals surface area contributed by atoms with Gasteiger partial charge >= 0.3 is 5.97 Å². The van der Waals surface area contributed by atoms with Crippen LogP contribution < -0.4 is 10.9 Å². The molecule has 0 aliphatic carbocycles.